The number of nitrogens with zero attached hydrogens (tertiary/aromatic N) is 3. The molecule has 0 radical (unpaired) electrons. The third-order valence-electron chi connectivity index (χ3n) is 4.84. The van der Waals surface area contributed by atoms with Crippen molar-refractivity contribution >= 4 is 17.5 Å². The lowest BCUT2D eigenvalue weighted by atomic mass is 10.2. The first-order chi connectivity index (χ1) is 14.5. The molecule has 0 saturated carbocycles. The Hall–Kier alpha value is -3.01. The molecule has 2 aromatic carbocycles. The van der Waals surface area contributed by atoms with Crippen molar-refractivity contribution in [2.24, 2.45) is 0 Å². The summed E-state index contributed by atoms with van der Waals surface area (Å²) in [6.07, 6.45) is 0.122. The van der Waals surface area contributed by atoms with Crippen LogP contribution in [0.15, 0.2) is 52.9 Å². The van der Waals surface area contributed by atoms with Gasteiger partial charge in [-0.25, -0.2) is 0 Å². The first-order valence-corrected chi connectivity index (χ1v) is 10.2. The first kappa shape index (κ1) is 20.3. The Morgan fingerprint density at radius 2 is 1.77 bits per heavy atom. The van der Waals surface area contributed by atoms with Crippen LogP contribution in [0.2, 0.25) is 5.02 Å². The van der Waals surface area contributed by atoms with Gasteiger partial charge in [-0.15, -0.1) is 0 Å². The molecule has 1 fully saturated rings. The molecule has 7 heteroatoms. The standard InChI is InChI=1S/C23H22ClN3O3/c1-15-12-27(13-16(2)29-15)23-21(11-25)26-22(30-23)18-5-9-20(10-6-18)28-14-17-3-7-19(24)8-4-17/h3-10,15-16H,12-14H2,1-2H3/t15-,16-/m1/s1. The second-order valence-electron chi connectivity index (χ2n) is 7.39. The van der Waals surface area contributed by atoms with E-state index in [0.717, 1.165) is 16.9 Å². The summed E-state index contributed by atoms with van der Waals surface area (Å²) in [5.74, 6) is 1.65. The van der Waals surface area contributed by atoms with Crippen molar-refractivity contribution in [1.82, 2.24) is 4.98 Å². The molecule has 2 heterocycles. The number of anilines is 1. The highest BCUT2D eigenvalue weighted by molar-refractivity contribution is 6.30. The molecule has 0 unspecified atom stereocenters. The minimum absolute atomic E-state index is 0.0610. The summed E-state index contributed by atoms with van der Waals surface area (Å²) in [4.78, 5) is 6.42. The van der Waals surface area contributed by atoms with Crippen LogP contribution in [0.4, 0.5) is 5.88 Å². The fourth-order valence-electron chi connectivity index (χ4n) is 3.51. The topological polar surface area (TPSA) is 71.5 Å². The van der Waals surface area contributed by atoms with Gasteiger partial charge in [0.1, 0.15) is 18.4 Å². The number of ether oxygens (including phenoxy) is 2. The van der Waals surface area contributed by atoms with Crippen molar-refractivity contribution in [2.75, 3.05) is 18.0 Å². The quantitative estimate of drug-likeness (QED) is 0.571. The van der Waals surface area contributed by atoms with E-state index in [-0.39, 0.29) is 17.9 Å². The Morgan fingerprint density at radius 3 is 2.40 bits per heavy atom. The van der Waals surface area contributed by atoms with Crippen LogP contribution in [0, 0.1) is 11.3 Å². The van der Waals surface area contributed by atoms with Crippen molar-refractivity contribution in [2.45, 2.75) is 32.7 Å². The fraction of sp³-hybridized carbons (Fsp3) is 0.304. The minimum Gasteiger partial charge on any atom is -0.489 e. The molecule has 0 spiro atoms. The number of aromatic nitrogens is 1. The summed E-state index contributed by atoms with van der Waals surface area (Å²) < 4.78 is 17.6. The Morgan fingerprint density at radius 1 is 1.10 bits per heavy atom. The van der Waals surface area contributed by atoms with Gasteiger partial charge in [-0.2, -0.15) is 10.2 Å². The fourth-order valence-corrected chi connectivity index (χ4v) is 3.63. The predicted octanol–water partition coefficient (Wildman–Crippen LogP) is 5.06. The van der Waals surface area contributed by atoms with Gasteiger partial charge in [-0.1, -0.05) is 23.7 Å². The van der Waals surface area contributed by atoms with Gasteiger partial charge in [-0.05, 0) is 55.8 Å². The molecule has 6 nitrogen and oxygen atoms in total. The summed E-state index contributed by atoms with van der Waals surface area (Å²) in [5.41, 5.74) is 2.11. The number of hydrogen-bond donors (Lipinski definition) is 0. The lowest BCUT2D eigenvalue weighted by molar-refractivity contribution is -0.00638. The smallest absolute Gasteiger partial charge is 0.235 e. The number of morpholine rings is 1. The van der Waals surface area contributed by atoms with E-state index in [0.29, 0.717) is 36.5 Å². The lowest BCUT2D eigenvalue weighted by Crippen LogP contribution is -2.45. The molecule has 4 rings (SSSR count). The average molecular weight is 424 g/mol. The molecule has 0 amide bonds. The monoisotopic (exact) mass is 423 g/mol. The molecule has 2 atom stereocenters. The molecule has 1 aliphatic rings. The molecule has 30 heavy (non-hydrogen) atoms. The number of hydrogen-bond acceptors (Lipinski definition) is 6. The van der Waals surface area contributed by atoms with Crippen LogP contribution in [-0.2, 0) is 11.3 Å². The van der Waals surface area contributed by atoms with Crippen molar-refractivity contribution in [3.05, 3.63) is 64.8 Å². The molecule has 0 bridgehead atoms. The third-order valence-corrected chi connectivity index (χ3v) is 5.09. The van der Waals surface area contributed by atoms with Gasteiger partial charge in [0, 0.05) is 23.7 Å². The number of nitriles is 1. The number of halogens is 1. The normalized spacial score (nSPS) is 18.8. The summed E-state index contributed by atoms with van der Waals surface area (Å²) in [6.45, 7) is 5.78. The van der Waals surface area contributed by atoms with Crippen LogP contribution in [0.5, 0.6) is 5.75 Å². The molecule has 1 aliphatic heterocycles. The average Bonchev–Trinajstić information content (AvgIpc) is 3.18. The van der Waals surface area contributed by atoms with Gasteiger partial charge in [0.05, 0.1) is 12.2 Å². The highest BCUT2D eigenvalue weighted by atomic mass is 35.5. The maximum absolute atomic E-state index is 9.52. The molecule has 3 aromatic rings. The van der Waals surface area contributed by atoms with Gasteiger partial charge >= 0.3 is 0 Å². The van der Waals surface area contributed by atoms with Crippen molar-refractivity contribution in [3.8, 4) is 23.3 Å². The maximum Gasteiger partial charge on any atom is 0.235 e. The number of oxazole rings is 1. The highest BCUT2D eigenvalue weighted by Gasteiger charge is 2.28. The second-order valence-corrected chi connectivity index (χ2v) is 7.82. The highest BCUT2D eigenvalue weighted by Crippen LogP contribution is 2.31. The van der Waals surface area contributed by atoms with E-state index in [1.165, 1.54) is 0 Å². The minimum atomic E-state index is 0.0610. The number of rotatable bonds is 5. The van der Waals surface area contributed by atoms with Crippen molar-refractivity contribution < 1.29 is 13.9 Å². The van der Waals surface area contributed by atoms with Gasteiger partial charge in [0.15, 0.2) is 0 Å². The summed E-state index contributed by atoms with van der Waals surface area (Å²) in [7, 11) is 0. The molecule has 1 aromatic heterocycles. The van der Waals surface area contributed by atoms with Crippen LogP contribution in [-0.4, -0.2) is 30.3 Å². The van der Waals surface area contributed by atoms with Crippen LogP contribution in [0.3, 0.4) is 0 Å². The zero-order valence-corrected chi connectivity index (χ0v) is 17.6. The Bertz CT molecular complexity index is 1030. The van der Waals surface area contributed by atoms with E-state index in [2.05, 4.69) is 11.1 Å². The van der Waals surface area contributed by atoms with E-state index < -0.39 is 0 Å². The van der Waals surface area contributed by atoms with Gasteiger partial charge < -0.3 is 18.8 Å². The van der Waals surface area contributed by atoms with E-state index >= 15 is 0 Å². The second kappa shape index (κ2) is 8.78. The molecule has 0 N–H and O–H groups in total. The maximum atomic E-state index is 9.52. The third kappa shape index (κ3) is 4.59. The van der Waals surface area contributed by atoms with Crippen molar-refractivity contribution in [3.63, 3.8) is 0 Å². The predicted molar refractivity (Wildman–Crippen MR) is 115 cm³/mol. The zero-order valence-electron chi connectivity index (χ0n) is 16.8. The Labute approximate surface area is 180 Å². The van der Waals surface area contributed by atoms with Crippen LogP contribution in [0.25, 0.3) is 11.5 Å². The molecule has 154 valence electrons. The molecular weight excluding hydrogens is 402 g/mol. The van der Waals surface area contributed by atoms with Crippen molar-refractivity contribution in [1.29, 1.82) is 5.26 Å². The molecular formula is C23H22ClN3O3. The van der Waals surface area contributed by atoms with E-state index in [1.807, 2.05) is 67.3 Å². The van der Waals surface area contributed by atoms with E-state index in [1.54, 1.807) is 0 Å². The lowest BCUT2D eigenvalue weighted by Gasteiger charge is -2.34. The molecule has 1 saturated heterocycles. The zero-order chi connectivity index (χ0) is 21.1. The molecule has 0 aliphatic carbocycles. The SMILES string of the molecule is C[C@@H]1CN(c2oc(-c3ccc(OCc4ccc(Cl)cc4)cc3)nc2C#N)C[C@@H](C)O1. The van der Waals surface area contributed by atoms with Crippen LogP contribution >= 0.6 is 11.6 Å². The van der Waals surface area contributed by atoms with Crippen LogP contribution in [0.1, 0.15) is 25.1 Å². The largest absolute Gasteiger partial charge is 0.489 e. The first-order valence-electron chi connectivity index (χ1n) is 9.81. The van der Waals surface area contributed by atoms with Gasteiger partial charge in [0.2, 0.25) is 17.5 Å². The summed E-state index contributed by atoms with van der Waals surface area (Å²) in [6, 6.07) is 17.2. The summed E-state index contributed by atoms with van der Waals surface area (Å²) >= 11 is 5.91. The van der Waals surface area contributed by atoms with E-state index in [4.69, 9.17) is 25.5 Å². The Balaban J connectivity index is 1.48. The number of benzene rings is 2. The summed E-state index contributed by atoms with van der Waals surface area (Å²) in [5, 5.41) is 10.2. The van der Waals surface area contributed by atoms with Gasteiger partial charge in [-0.3, -0.25) is 0 Å². The van der Waals surface area contributed by atoms with Crippen LogP contribution < -0.4 is 9.64 Å². The van der Waals surface area contributed by atoms with Gasteiger partial charge in [0.25, 0.3) is 0 Å². The Kier molecular flexibility index (Phi) is 5.93. The van der Waals surface area contributed by atoms with E-state index in [9.17, 15) is 5.26 Å².